The van der Waals surface area contributed by atoms with E-state index in [9.17, 15) is 17.6 Å². The molecule has 0 aromatic heterocycles. The van der Waals surface area contributed by atoms with E-state index in [-0.39, 0.29) is 13.1 Å². The monoisotopic (exact) mass is 400 g/mol. The van der Waals surface area contributed by atoms with E-state index in [1.54, 1.807) is 0 Å². The first-order valence-electron chi connectivity index (χ1n) is 8.73. The number of amides is 1. The topological polar surface area (TPSA) is 105 Å². The van der Waals surface area contributed by atoms with E-state index in [4.69, 9.17) is 10.0 Å². The number of carbonyl (C=O) groups excluding carboxylic acids is 1. The van der Waals surface area contributed by atoms with Crippen LogP contribution < -0.4 is 5.48 Å². The van der Waals surface area contributed by atoms with Gasteiger partial charge in [0.15, 0.2) is 14.6 Å². The molecule has 2 rings (SSSR count). The number of oxime groups is 1. The number of sulfone groups is 1. The van der Waals surface area contributed by atoms with Gasteiger partial charge in [0.25, 0.3) is 5.91 Å². The first-order chi connectivity index (χ1) is 12.7. The number of hydrogen-bond donors (Lipinski definition) is 2. The second-order valence-electron chi connectivity index (χ2n) is 6.96. The van der Waals surface area contributed by atoms with Gasteiger partial charge in [0.05, 0.1) is 12.4 Å². The number of hydrogen-bond acceptors (Lipinski definition) is 6. The molecule has 0 aliphatic carbocycles. The van der Waals surface area contributed by atoms with Crippen molar-refractivity contribution in [2.24, 2.45) is 5.16 Å². The van der Waals surface area contributed by atoms with E-state index < -0.39 is 26.6 Å². The van der Waals surface area contributed by atoms with Crippen molar-refractivity contribution >= 4 is 21.5 Å². The fourth-order valence-electron chi connectivity index (χ4n) is 2.96. The fourth-order valence-corrected chi connectivity index (χ4v) is 3.83. The third-order valence-electron chi connectivity index (χ3n) is 4.89. The smallest absolute Gasteiger partial charge is 0.264 e. The van der Waals surface area contributed by atoms with Crippen molar-refractivity contribution in [3.05, 3.63) is 35.4 Å². The minimum absolute atomic E-state index is 0.132. The number of halogens is 1. The molecule has 9 heteroatoms. The summed E-state index contributed by atoms with van der Waals surface area (Å²) in [6, 6.07) is 7.68. The van der Waals surface area contributed by atoms with Crippen molar-refractivity contribution in [3.63, 3.8) is 0 Å². The molecule has 7 nitrogen and oxygen atoms in total. The van der Waals surface area contributed by atoms with Crippen LogP contribution in [0.4, 0.5) is 4.39 Å². The summed E-state index contributed by atoms with van der Waals surface area (Å²) in [4.78, 5) is 17.2. The summed E-state index contributed by atoms with van der Waals surface area (Å²) in [6.45, 7) is 0.940. The third-order valence-corrected chi connectivity index (χ3v) is 6.88. The zero-order valence-corrected chi connectivity index (χ0v) is 16.3. The molecular formula is C18H25FN2O5S. The number of nitrogens with one attached hydrogen (secondary N) is 1. The van der Waals surface area contributed by atoms with Crippen LogP contribution >= 0.6 is 0 Å². The van der Waals surface area contributed by atoms with Gasteiger partial charge in [-0.05, 0) is 37.3 Å². The van der Waals surface area contributed by atoms with Gasteiger partial charge in [0.1, 0.15) is 6.10 Å². The van der Waals surface area contributed by atoms with Gasteiger partial charge in [-0.2, -0.15) is 0 Å². The van der Waals surface area contributed by atoms with Crippen LogP contribution in [-0.4, -0.2) is 49.0 Å². The van der Waals surface area contributed by atoms with Crippen LogP contribution in [0.25, 0.3) is 0 Å². The molecule has 1 heterocycles. The van der Waals surface area contributed by atoms with Gasteiger partial charge >= 0.3 is 0 Å². The number of carbonyl (C=O) groups is 1. The second kappa shape index (κ2) is 8.79. The highest BCUT2D eigenvalue weighted by Gasteiger charge is 2.47. The molecule has 1 aliphatic rings. The van der Waals surface area contributed by atoms with Gasteiger partial charge < -0.3 is 4.84 Å². The number of aryl methyl sites for hydroxylation is 1. The van der Waals surface area contributed by atoms with Crippen molar-refractivity contribution in [1.29, 1.82) is 0 Å². The molecule has 1 unspecified atom stereocenters. The quantitative estimate of drug-likeness (QED) is 0.375. The third kappa shape index (κ3) is 5.04. The summed E-state index contributed by atoms with van der Waals surface area (Å²) in [6.07, 6.45) is 2.71. The summed E-state index contributed by atoms with van der Waals surface area (Å²) in [7, 11) is -3.79. The minimum atomic E-state index is -3.79. The summed E-state index contributed by atoms with van der Waals surface area (Å²) >= 11 is 0. The van der Waals surface area contributed by atoms with Crippen LogP contribution in [-0.2, 0) is 25.9 Å². The van der Waals surface area contributed by atoms with E-state index in [2.05, 4.69) is 5.16 Å². The molecule has 2 atom stereocenters. The molecule has 150 valence electrons. The Morgan fingerprint density at radius 1 is 1.37 bits per heavy atom. The van der Waals surface area contributed by atoms with Gasteiger partial charge in [-0.15, -0.1) is 0 Å². The predicted molar refractivity (Wildman–Crippen MR) is 99.2 cm³/mol. The molecule has 0 saturated heterocycles. The molecule has 0 fully saturated rings. The Kier molecular flexibility index (Phi) is 6.94. The average Bonchev–Trinajstić information content (AvgIpc) is 3.09. The maximum absolute atomic E-state index is 12.2. The molecule has 2 N–H and O–H groups in total. The second-order valence-corrected chi connectivity index (χ2v) is 9.41. The van der Waals surface area contributed by atoms with Crippen molar-refractivity contribution in [3.8, 4) is 0 Å². The molecule has 0 spiro atoms. The van der Waals surface area contributed by atoms with Crippen molar-refractivity contribution in [1.82, 2.24) is 5.48 Å². The Bertz CT molecular complexity index is 794. The maximum atomic E-state index is 12.2. The van der Waals surface area contributed by atoms with E-state index in [0.29, 0.717) is 18.6 Å². The molecule has 0 saturated carbocycles. The highest BCUT2D eigenvalue weighted by molar-refractivity contribution is 7.92. The fraction of sp³-hybridized carbons (Fsp3) is 0.556. The summed E-state index contributed by atoms with van der Waals surface area (Å²) in [5.41, 5.74) is 4.04. The van der Waals surface area contributed by atoms with Crippen molar-refractivity contribution in [2.75, 3.05) is 12.9 Å². The number of hydroxylamine groups is 1. The van der Waals surface area contributed by atoms with E-state index in [1.165, 1.54) is 12.4 Å². The maximum Gasteiger partial charge on any atom is 0.264 e. The zero-order valence-electron chi connectivity index (χ0n) is 15.4. The minimum Gasteiger partial charge on any atom is -0.392 e. The number of benzene rings is 1. The lowest BCUT2D eigenvalue weighted by Crippen LogP contribution is -2.51. The van der Waals surface area contributed by atoms with Gasteiger partial charge in [-0.1, -0.05) is 29.4 Å². The van der Waals surface area contributed by atoms with Gasteiger partial charge in [0, 0.05) is 19.1 Å². The lowest BCUT2D eigenvalue weighted by atomic mass is 9.96. The number of unbranched alkanes of at least 4 members (excludes halogenated alkanes) is 1. The average molecular weight is 400 g/mol. The highest BCUT2D eigenvalue weighted by atomic mass is 32.2. The van der Waals surface area contributed by atoms with E-state index in [0.717, 1.165) is 30.2 Å². The number of nitrogens with zero attached hydrogens (tertiary/aromatic N) is 1. The highest BCUT2D eigenvalue weighted by Crippen LogP contribution is 2.29. The van der Waals surface area contributed by atoms with Gasteiger partial charge in [-0.3, -0.25) is 14.4 Å². The molecule has 1 aromatic carbocycles. The summed E-state index contributed by atoms with van der Waals surface area (Å²) in [5.74, 6) is -1.00. The standard InChI is InChI=1S/C18H25FN2O5S/c1-18(17(22)20-23,27(2,24)25)12-15-11-16(21-26-15)14-8-6-13(7-9-14)5-3-4-10-19/h6-9,15,23H,3-5,10-12H2,1-2H3,(H,20,22)/t15?,18-/m1/s1. The Morgan fingerprint density at radius 2 is 2.04 bits per heavy atom. The molecule has 1 aliphatic heterocycles. The van der Waals surface area contributed by atoms with Gasteiger partial charge in [0.2, 0.25) is 0 Å². The largest absolute Gasteiger partial charge is 0.392 e. The summed E-state index contributed by atoms with van der Waals surface area (Å²) in [5, 5.41) is 12.9. The first-order valence-corrected chi connectivity index (χ1v) is 10.6. The Balaban J connectivity index is 2.02. The molecule has 1 aromatic rings. The van der Waals surface area contributed by atoms with Crippen LogP contribution in [0.5, 0.6) is 0 Å². The van der Waals surface area contributed by atoms with E-state index in [1.807, 2.05) is 24.3 Å². The van der Waals surface area contributed by atoms with Gasteiger partial charge in [-0.25, -0.2) is 13.9 Å². The number of rotatable bonds is 9. The molecule has 27 heavy (non-hydrogen) atoms. The van der Waals surface area contributed by atoms with Crippen LogP contribution in [0.15, 0.2) is 29.4 Å². The molecular weight excluding hydrogens is 375 g/mol. The lowest BCUT2D eigenvalue weighted by Gasteiger charge is -2.26. The van der Waals surface area contributed by atoms with E-state index >= 15 is 0 Å². The van der Waals surface area contributed by atoms with Crippen LogP contribution in [0.1, 0.15) is 43.7 Å². The Hall–Kier alpha value is -2.00. The SMILES string of the molecule is C[C@@](CC1CC(c2ccc(CCCCF)cc2)=NO1)(C(=O)NO)S(C)(=O)=O. The Morgan fingerprint density at radius 3 is 2.59 bits per heavy atom. The van der Waals surface area contributed by atoms with Crippen molar-refractivity contribution < 1.29 is 27.6 Å². The van der Waals surface area contributed by atoms with Crippen LogP contribution in [0.2, 0.25) is 0 Å². The van der Waals surface area contributed by atoms with Crippen molar-refractivity contribution in [2.45, 2.75) is 49.9 Å². The van der Waals surface area contributed by atoms with Crippen LogP contribution in [0, 0.1) is 0 Å². The molecule has 1 amide bonds. The first kappa shape index (κ1) is 21.3. The predicted octanol–water partition coefficient (Wildman–Crippen LogP) is 2.17. The lowest BCUT2D eigenvalue weighted by molar-refractivity contribution is -0.132. The molecule has 0 radical (unpaired) electrons. The Labute approximate surface area is 158 Å². The van der Waals surface area contributed by atoms with Crippen LogP contribution in [0.3, 0.4) is 0 Å². The molecule has 0 bridgehead atoms. The zero-order chi connectivity index (χ0) is 20.1. The summed E-state index contributed by atoms with van der Waals surface area (Å²) < 4.78 is 34.4. The normalized spacial score (nSPS) is 19.1. The number of alkyl halides is 1.